The zero-order valence-corrected chi connectivity index (χ0v) is 16.8. The molecule has 0 aromatic carbocycles. The number of nitrogens with one attached hydrogen (secondary N) is 2. The Hall–Kier alpha value is -1.06. The second-order valence-corrected chi connectivity index (χ2v) is 6.54. The molecule has 0 aromatic rings. The molecule has 1 aliphatic heterocycles. The van der Waals surface area contributed by atoms with Gasteiger partial charge in [0.05, 0.1) is 0 Å². The molecule has 7 nitrogen and oxygen atoms in total. The average molecular weight is 451 g/mol. The number of primary amides is 1. The van der Waals surface area contributed by atoms with Crippen LogP contribution in [0.5, 0.6) is 0 Å². The summed E-state index contributed by atoms with van der Waals surface area (Å²) < 4.78 is 0. The van der Waals surface area contributed by atoms with Crippen LogP contribution in [0, 0.1) is 5.92 Å². The normalized spacial score (nSPS) is 21.0. The Morgan fingerprint density at radius 2 is 2.04 bits per heavy atom. The van der Waals surface area contributed by atoms with Crippen LogP contribution in [-0.4, -0.2) is 55.4 Å². The standard InChI is InChI=1S/C16H29N5O2.HI/c1-18-16(19-8-2-5-15(23)20-13-6-7-13)21-9-3-4-12(11-21)10-14(17)22;/h12-13H,2-11H2,1H3,(H2,17,22)(H,18,19)(H,20,23);1H. The summed E-state index contributed by atoms with van der Waals surface area (Å²) in [4.78, 5) is 29.2. The summed E-state index contributed by atoms with van der Waals surface area (Å²) in [5.41, 5.74) is 5.30. The number of nitrogens with two attached hydrogens (primary N) is 1. The molecule has 1 saturated heterocycles. The van der Waals surface area contributed by atoms with Gasteiger partial charge in [-0.25, -0.2) is 0 Å². The van der Waals surface area contributed by atoms with Crippen LogP contribution in [0.3, 0.4) is 0 Å². The lowest BCUT2D eigenvalue weighted by Gasteiger charge is -2.34. The zero-order valence-electron chi connectivity index (χ0n) is 14.4. The molecule has 4 N–H and O–H groups in total. The van der Waals surface area contributed by atoms with Gasteiger partial charge in [0.2, 0.25) is 11.8 Å². The van der Waals surface area contributed by atoms with E-state index in [2.05, 4.69) is 20.5 Å². The first-order valence-corrected chi connectivity index (χ1v) is 8.61. The van der Waals surface area contributed by atoms with Gasteiger partial charge in [0.1, 0.15) is 0 Å². The highest BCUT2D eigenvalue weighted by Crippen LogP contribution is 2.19. The van der Waals surface area contributed by atoms with Crippen molar-refractivity contribution in [2.24, 2.45) is 16.6 Å². The van der Waals surface area contributed by atoms with Gasteiger partial charge in [-0.05, 0) is 38.0 Å². The molecule has 1 saturated carbocycles. The second kappa shape index (κ2) is 10.7. The van der Waals surface area contributed by atoms with Crippen LogP contribution >= 0.6 is 24.0 Å². The highest BCUT2D eigenvalue weighted by atomic mass is 127. The topological polar surface area (TPSA) is 99.8 Å². The van der Waals surface area contributed by atoms with Crippen LogP contribution in [0.2, 0.25) is 0 Å². The van der Waals surface area contributed by atoms with Gasteiger partial charge >= 0.3 is 0 Å². The third-order valence-corrected chi connectivity index (χ3v) is 4.33. The van der Waals surface area contributed by atoms with Gasteiger partial charge in [0, 0.05) is 45.6 Å². The van der Waals surface area contributed by atoms with Crippen LogP contribution in [0.4, 0.5) is 0 Å². The number of piperidine rings is 1. The first-order chi connectivity index (χ1) is 11.1. The van der Waals surface area contributed by atoms with E-state index in [1.807, 2.05) is 0 Å². The zero-order chi connectivity index (χ0) is 16.7. The van der Waals surface area contributed by atoms with Crippen molar-refractivity contribution in [3.8, 4) is 0 Å². The molecular weight excluding hydrogens is 421 g/mol. The fourth-order valence-corrected chi connectivity index (χ4v) is 3.02. The van der Waals surface area contributed by atoms with E-state index in [1.54, 1.807) is 7.05 Å². The predicted octanol–water partition coefficient (Wildman–Crippen LogP) is 0.826. The molecule has 1 heterocycles. The number of hydrogen-bond donors (Lipinski definition) is 3. The lowest BCUT2D eigenvalue weighted by Crippen LogP contribution is -2.47. The van der Waals surface area contributed by atoms with E-state index in [1.165, 1.54) is 0 Å². The first kappa shape index (κ1) is 21.0. The number of guanidine groups is 1. The van der Waals surface area contributed by atoms with Gasteiger partial charge in [-0.1, -0.05) is 0 Å². The van der Waals surface area contributed by atoms with E-state index in [9.17, 15) is 9.59 Å². The van der Waals surface area contributed by atoms with E-state index in [-0.39, 0.29) is 35.8 Å². The Bertz CT molecular complexity index is 454. The largest absolute Gasteiger partial charge is 0.370 e. The minimum atomic E-state index is -0.235. The van der Waals surface area contributed by atoms with Crippen molar-refractivity contribution in [2.45, 2.75) is 51.0 Å². The van der Waals surface area contributed by atoms with Crippen LogP contribution in [0.1, 0.15) is 44.9 Å². The maximum absolute atomic E-state index is 11.6. The molecule has 2 rings (SSSR count). The number of halogens is 1. The summed E-state index contributed by atoms with van der Waals surface area (Å²) in [6.07, 6.45) is 6.10. The van der Waals surface area contributed by atoms with Crippen molar-refractivity contribution in [3.63, 3.8) is 0 Å². The van der Waals surface area contributed by atoms with Crippen molar-refractivity contribution < 1.29 is 9.59 Å². The summed E-state index contributed by atoms with van der Waals surface area (Å²) >= 11 is 0. The summed E-state index contributed by atoms with van der Waals surface area (Å²) in [6, 6.07) is 0.429. The number of likely N-dealkylation sites (tertiary alicyclic amines) is 1. The Morgan fingerprint density at radius 1 is 1.29 bits per heavy atom. The van der Waals surface area contributed by atoms with Gasteiger partial charge in [-0.15, -0.1) is 24.0 Å². The quantitative estimate of drug-likeness (QED) is 0.231. The Balaban J connectivity index is 0.00000288. The average Bonchev–Trinajstić information content (AvgIpc) is 3.31. The van der Waals surface area contributed by atoms with E-state index < -0.39 is 0 Å². The van der Waals surface area contributed by atoms with Crippen molar-refractivity contribution >= 4 is 41.8 Å². The smallest absolute Gasteiger partial charge is 0.220 e. The Morgan fingerprint density at radius 3 is 2.67 bits per heavy atom. The van der Waals surface area contributed by atoms with Gasteiger partial charge in [0.15, 0.2) is 5.96 Å². The van der Waals surface area contributed by atoms with Crippen LogP contribution < -0.4 is 16.4 Å². The molecule has 0 spiro atoms. The van der Waals surface area contributed by atoms with E-state index in [4.69, 9.17) is 5.73 Å². The Labute approximate surface area is 161 Å². The molecule has 2 fully saturated rings. The summed E-state index contributed by atoms with van der Waals surface area (Å²) in [5, 5.41) is 6.31. The molecule has 0 bridgehead atoms. The second-order valence-electron chi connectivity index (χ2n) is 6.54. The fraction of sp³-hybridized carbons (Fsp3) is 0.812. The van der Waals surface area contributed by atoms with Crippen molar-refractivity contribution in [1.82, 2.24) is 15.5 Å². The fourth-order valence-electron chi connectivity index (χ4n) is 3.02. The van der Waals surface area contributed by atoms with E-state index in [0.717, 1.165) is 57.7 Å². The molecule has 2 aliphatic rings. The SMILES string of the molecule is CN=C(NCCCC(=O)NC1CC1)N1CCCC(CC(N)=O)C1.I. The number of amides is 2. The van der Waals surface area contributed by atoms with Gasteiger partial charge < -0.3 is 21.3 Å². The molecule has 1 unspecified atom stereocenters. The van der Waals surface area contributed by atoms with Crippen LogP contribution in [0.25, 0.3) is 0 Å². The van der Waals surface area contributed by atoms with Crippen molar-refractivity contribution in [1.29, 1.82) is 0 Å². The lowest BCUT2D eigenvalue weighted by atomic mass is 9.95. The maximum Gasteiger partial charge on any atom is 0.220 e. The maximum atomic E-state index is 11.6. The number of carbonyl (C=O) groups is 2. The molecule has 0 aromatic heterocycles. The molecular formula is C16H30IN5O2. The number of hydrogen-bond acceptors (Lipinski definition) is 3. The molecule has 1 aliphatic carbocycles. The molecule has 8 heteroatoms. The number of carbonyl (C=O) groups excluding carboxylic acids is 2. The highest BCUT2D eigenvalue weighted by molar-refractivity contribution is 14.0. The van der Waals surface area contributed by atoms with Gasteiger partial charge in [-0.3, -0.25) is 14.6 Å². The molecule has 138 valence electrons. The highest BCUT2D eigenvalue weighted by Gasteiger charge is 2.24. The number of nitrogens with zero attached hydrogens (tertiary/aromatic N) is 2. The van der Waals surface area contributed by atoms with Crippen molar-refractivity contribution in [2.75, 3.05) is 26.7 Å². The predicted molar refractivity (Wildman–Crippen MR) is 105 cm³/mol. The Kier molecular flexibility index (Phi) is 9.38. The minimum Gasteiger partial charge on any atom is -0.370 e. The van der Waals surface area contributed by atoms with E-state index >= 15 is 0 Å². The van der Waals surface area contributed by atoms with Crippen LogP contribution in [0.15, 0.2) is 4.99 Å². The molecule has 1 atom stereocenters. The first-order valence-electron chi connectivity index (χ1n) is 8.61. The number of rotatable bonds is 7. The van der Waals surface area contributed by atoms with E-state index in [0.29, 0.717) is 24.8 Å². The third-order valence-electron chi connectivity index (χ3n) is 4.33. The third kappa shape index (κ3) is 7.67. The molecule has 0 radical (unpaired) electrons. The molecule has 2 amide bonds. The summed E-state index contributed by atoms with van der Waals surface area (Å²) in [7, 11) is 1.76. The van der Waals surface area contributed by atoms with Gasteiger partial charge in [0.25, 0.3) is 0 Å². The minimum absolute atomic E-state index is 0. The lowest BCUT2D eigenvalue weighted by molar-refractivity contribution is -0.121. The van der Waals surface area contributed by atoms with Crippen molar-refractivity contribution in [3.05, 3.63) is 0 Å². The van der Waals surface area contributed by atoms with Gasteiger partial charge in [-0.2, -0.15) is 0 Å². The monoisotopic (exact) mass is 451 g/mol. The number of aliphatic imine (C=N–C) groups is 1. The molecule has 24 heavy (non-hydrogen) atoms. The summed E-state index contributed by atoms with van der Waals surface area (Å²) in [6.45, 7) is 2.48. The van der Waals surface area contributed by atoms with Crippen LogP contribution in [-0.2, 0) is 9.59 Å². The summed E-state index contributed by atoms with van der Waals surface area (Å²) in [5.74, 6) is 1.07.